The van der Waals surface area contributed by atoms with Gasteiger partial charge in [-0.25, -0.2) is 4.98 Å². The summed E-state index contributed by atoms with van der Waals surface area (Å²) in [5.41, 5.74) is -2.60. The van der Waals surface area contributed by atoms with Crippen LogP contribution in [0.4, 0.5) is 31.5 Å². The Bertz CT molecular complexity index is 1170. The molecule has 13 heteroatoms. The number of nitrogens with one attached hydrogen (secondary N) is 1. The number of carbonyl (C=O) groups is 1. The number of hydrogen-bond donors (Lipinski definition) is 1. The Morgan fingerprint density at radius 3 is 2.14 bits per heavy atom. The molecule has 1 saturated heterocycles. The lowest BCUT2D eigenvalue weighted by molar-refractivity contribution is -0.143. The number of hydrogen-bond acceptors (Lipinski definition) is 6. The lowest BCUT2D eigenvalue weighted by Crippen LogP contribution is -2.48. The van der Waals surface area contributed by atoms with Crippen molar-refractivity contribution in [1.29, 1.82) is 0 Å². The van der Waals surface area contributed by atoms with E-state index in [1.807, 2.05) is 30.3 Å². The highest BCUT2D eigenvalue weighted by atomic mass is 32.1. The molecule has 1 aromatic heterocycles. The minimum absolute atomic E-state index is 0.00113. The molecule has 1 N–H and O–H groups in total. The summed E-state index contributed by atoms with van der Waals surface area (Å²) in [6, 6.07) is 10.8. The van der Waals surface area contributed by atoms with Gasteiger partial charge in [-0.05, 0) is 23.8 Å². The minimum Gasteiger partial charge on any atom is -0.351 e. The first-order valence-corrected chi connectivity index (χ1v) is 12.2. The molecule has 0 bridgehead atoms. The number of rotatable bonds is 7. The van der Waals surface area contributed by atoms with E-state index in [2.05, 4.69) is 24.5 Å². The number of piperazine rings is 1. The first-order valence-electron chi connectivity index (χ1n) is 11.4. The molecule has 0 radical (unpaired) electrons. The molecule has 0 aliphatic carbocycles. The minimum atomic E-state index is -5.01. The average molecular weight is 544 g/mol. The Kier molecular flexibility index (Phi) is 8.02. The van der Waals surface area contributed by atoms with Gasteiger partial charge in [0.2, 0.25) is 5.13 Å². The molecule has 3 aromatic rings. The summed E-state index contributed by atoms with van der Waals surface area (Å²) in [5, 5.41) is 3.25. The predicted octanol–water partition coefficient (Wildman–Crippen LogP) is 4.72. The average Bonchev–Trinajstić information content (AvgIpc) is 3.32. The third-order valence-electron chi connectivity index (χ3n) is 5.87. The highest BCUT2D eigenvalue weighted by Gasteiger charge is 2.37. The molecule has 1 amide bonds. The third-order valence-corrected chi connectivity index (χ3v) is 6.68. The number of nitrogens with zero attached hydrogens (tertiary/aromatic N) is 4. The smallest absolute Gasteiger partial charge is 0.351 e. The molecular weight excluding hydrogens is 520 g/mol. The van der Waals surface area contributed by atoms with Crippen LogP contribution in [-0.2, 0) is 18.8 Å². The van der Waals surface area contributed by atoms with Crippen LogP contribution in [0.25, 0.3) is 0 Å². The maximum Gasteiger partial charge on any atom is 0.416 e. The highest BCUT2D eigenvalue weighted by Crippen LogP contribution is 2.36. The van der Waals surface area contributed by atoms with Gasteiger partial charge in [-0.3, -0.25) is 9.69 Å². The van der Waals surface area contributed by atoms with Crippen molar-refractivity contribution in [1.82, 2.24) is 19.6 Å². The second-order valence-electron chi connectivity index (χ2n) is 8.53. The topological polar surface area (TPSA) is 61.4 Å². The van der Waals surface area contributed by atoms with Crippen LogP contribution < -0.4 is 10.2 Å². The fraction of sp³-hybridized carbons (Fsp3) is 0.375. The summed E-state index contributed by atoms with van der Waals surface area (Å²) in [7, 11) is 0. The molecule has 1 fully saturated rings. The van der Waals surface area contributed by atoms with Crippen molar-refractivity contribution in [2.45, 2.75) is 18.8 Å². The van der Waals surface area contributed by atoms with E-state index in [9.17, 15) is 31.1 Å². The lowest BCUT2D eigenvalue weighted by atomic mass is 10.0. The quantitative estimate of drug-likeness (QED) is 0.437. The lowest BCUT2D eigenvalue weighted by Gasteiger charge is -2.34. The molecule has 2 aromatic carbocycles. The molecule has 1 aliphatic rings. The number of amides is 1. The number of anilines is 1. The molecule has 2 heterocycles. The van der Waals surface area contributed by atoms with E-state index in [0.29, 0.717) is 51.3 Å². The predicted molar refractivity (Wildman–Crippen MR) is 127 cm³/mol. The van der Waals surface area contributed by atoms with Crippen molar-refractivity contribution in [3.8, 4) is 0 Å². The molecule has 198 valence electrons. The number of aromatic nitrogens is 2. The molecule has 0 unspecified atom stereocenters. The Labute approximate surface area is 213 Å². The van der Waals surface area contributed by atoms with E-state index in [1.165, 1.54) is 11.5 Å². The van der Waals surface area contributed by atoms with Gasteiger partial charge < -0.3 is 10.2 Å². The van der Waals surface area contributed by atoms with Gasteiger partial charge in [-0.15, -0.1) is 0 Å². The summed E-state index contributed by atoms with van der Waals surface area (Å²) in [5.74, 6) is -0.241. The Morgan fingerprint density at radius 1 is 0.919 bits per heavy atom. The molecule has 6 nitrogen and oxygen atoms in total. The fourth-order valence-corrected chi connectivity index (χ4v) is 4.64. The molecule has 4 rings (SSSR count). The van der Waals surface area contributed by atoms with E-state index in [4.69, 9.17) is 0 Å². The molecule has 37 heavy (non-hydrogen) atoms. The van der Waals surface area contributed by atoms with E-state index in [-0.39, 0.29) is 12.6 Å². The zero-order valence-corrected chi connectivity index (χ0v) is 20.3. The van der Waals surface area contributed by atoms with Gasteiger partial charge in [-0.1, -0.05) is 30.3 Å². The summed E-state index contributed by atoms with van der Waals surface area (Å²) >= 11 is 1.33. The first kappa shape index (κ1) is 26.9. The van der Waals surface area contributed by atoms with Crippen LogP contribution in [0.15, 0.2) is 48.5 Å². The number of alkyl halides is 6. The van der Waals surface area contributed by atoms with Crippen LogP contribution in [-0.4, -0.2) is 59.4 Å². The molecule has 0 spiro atoms. The van der Waals surface area contributed by atoms with Gasteiger partial charge in [0.05, 0.1) is 11.1 Å². The monoisotopic (exact) mass is 543 g/mol. The van der Waals surface area contributed by atoms with E-state index in [0.717, 1.165) is 16.5 Å². The van der Waals surface area contributed by atoms with Gasteiger partial charge >= 0.3 is 12.4 Å². The van der Waals surface area contributed by atoms with Crippen molar-refractivity contribution in [3.05, 3.63) is 76.6 Å². The Hall–Kier alpha value is -3.19. The SMILES string of the molecule is O=C(NCCN1CCN(c2nc(Cc3ccccc3)ns2)CC1)c1cc(C(F)(F)F)cc(C(F)(F)F)c1. The van der Waals surface area contributed by atoms with Crippen molar-refractivity contribution < 1.29 is 31.1 Å². The van der Waals surface area contributed by atoms with Crippen LogP contribution in [0.2, 0.25) is 0 Å². The van der Waals surface area contributed by atoms with Crippen LogP contribution >= 0.6 is 11.5 Å². The standard InChI is InChI=1S/C24H23F6N5OS/c25-23(26,27)18-13-17(14-19(15-18)24(28,29)30)21(36)31-6-7-34-8-10-35(11-9-34)22-32-20(33-37-22)12-16-4-2-1-3-5-16/h1-5,13-15H,6-12H2,(H,31,36). The van der Waals surface area contributed by atoms with Gasteiger partial charge in [-0.2, -0.15) is 30.7 Å². The van der Waals surface area contributed by atoms with Gasteiger partial charge in [0.1, 0.15) is 5.82 Å². The molecule has 1 aliphatic heterocycles. The van der Waals surface area contributed by atoms with Crippen LogP contribution in [0.3, 0.4) is 0 Å². The van der Waals surface area contributed by atoms with E-state index in [1.54, 1.807) is 0 Å². The number of halogens is 6. The van der Waals surface area contributed by atoms with Crippen LogP contribution in [0, 0.1) is 0 Å². The third kappa shape index (κ3) is 7.19. The maximum absolute atomic E-state index is 13.0. The summed E-state index contributed by atoms with van der Waals surface area (Å²) in [6.45, 7) is 3.15. The van der Waals surface area contributed by atoms with Crippen molar-refractivity contribution in [2.24, 2.45) is 0 Å². The van der Waals surface area contributed by atoms with Crippen LogP contribution in [0.5, 0.6) is 0 Å². The van der Waals surface area contributed by atoms with E-state index >= 15 is 0 Å². The highest BCUT2D eigenvalue weighted by molar-refractivity contribution is 7.09. The molecule has 0 atom stereocenters. The van der Waals surface area contributed by atoms with Crippen molar-refractivity contribution >= 4 is 22.6 Å². The normalized spacial score (nSPS) is 15.1. The van der Waals surface area contributed by atoms with Crippen molar-refractivity contribution in [2.75, 3.05) is 44.2 Å². The second kappa shape index (κ2) is 11.1. The zero-order valence-electron chi connectivity index (χ0n) is 19.4. The van der Waals surface area contributed by atoms with Gasteiger partial charge in [0.25, 0.3) is 5.91 Å². The van der Waals surface area contributed by atoms with Gasteiger partial charge in [0.15, 0.2) is 0 Å². The largest absolute Gasteiger partial charge is 0.416 e. The first-order chi connectivity index (χ1) is 17.5. The summed E-state index contributed by atoms with van der Waals surface area (Å²) in [4.78, 5) is 21.1. The number of benzene rings is 2. The summed E-state index contributed by atoms with van der Waals surface area (Å²) in [6.07, 6.45) is -9.37. The second-order valence-corrected chi connectivity index (χ2v) is 9.26. The summed E-state index contributed by atoms with van der Waals surface area (Å²) < 4.78 is 82.6. The van der Waals surface area contributed by atoms with Crippen LogP contribution in [0.1, 0.15) is 32.9 Å². The maximum atomic E-state index is 13.0. The Balaban J connectivity index is 1.26. The van der Waals surface area contributed by atoms with Gasteiger partial charge in [0, 0.05) is 62.8 Å². The Morgan fingerprint density at radius 2 is 1.54 bits per heavy atom. The molecule has 0 saturated carbocycles. The van der Waals surface area contributed by atoms with Crippen molar-refractivity contribution in [3.63, 3.8) is 0 Å². The zero-order chi connectivity index (χ0) is 26.6. The number of carbonyl (C=O) groups excluding carboxylic acids is 1. The van der Waals surface area contributed by atoms with E-state index < -0.39 is 35.0 Å². The fourth-order valence-electron chi connectivity index (χ4n) is 3.90. The molecular formula is C24H23F6N5OS.